The SMILES string of the molecule is O=C([O-])c1ccc(OS(=O)(=O)C(F)(F)F)c(-c2ccc(Cl)c(COCc3ccccc3)c2)n1. The van der Waals surface area contributed by atoms with Crippen LogP contribution in [0.4, 0.5) is 13.2 Å². The van der Waals surface area contributed by atoms with Crippen molar-refractivity contribution in [1.29, 1.82) is 0 Å². The van der Waals surface area contributed by atoms with Gasteiger partial charge in [0.1, 0.15) is 5.69 Å². The fraction of sp³-hybridized carbons (Fsp3) is 0.143. The highest BCUT2D eigenvalue weighted by Gasteiger charge is 2.49. The van der Waals surface area contributed by atoms with Crippen LogP contribution in [0.2, 0.25) is 5.02 Å². The zero-order valence-corrected chi connectivity index (χ0v) is 18.1. The molecule has 2 aromatic carbocycles. The van der Waals surface area contributed by atoms with Gasteiger partial charge in [0, 0.05) is 10.6 Å². The minimum Gasteiger partial charge on any atom is -0.543 e. The van der Waals surface area contributed by atoms with Crippen LogP contribution >= 0.6 is 11.6 Å². The number of hydrogen-bond acceptors (Lipinski definition) is 7. The molecule has 12 heteroatoms. The first kappa shape index (κ1) is 24.5. The number of carbonyl (C=O) groups is 1. The number of nitrogens with zero attached hydrogens (tertiary/aromatic N) is 1. The van der Waals surface area contributed by atoms with Gasteiger partial charge in [0.25, 0.3) is 0 Å². The Morgan fingerprint density at radius 2 is 1.73 bits per heavy atom. The third-order valence-electron chi connectivity index (χ3n) is 4.24. The van der Waals surface area contributed by atoms with Crippen molar-refractivity contribution < 1.29 is 40.4 Å². The molecular weight excluding hydrogens is 487 g/mol. The van der Waals surface area contributed by atoms with Gasteiger partial charge >= 0.3 is 15.6 Å². The predicted octanol–water partition coefficient (Wildman–Crippen LogP) is 3.71. The predicted molar refractivity (Wildman–Crippen MR) is 110 cm³/mol. The molecule has 3 aromatic rings. The Hall–Kier alpha value is -3.15. The van der Waals surface area contributed by atoms with Gasteiger partial charge in [0.2, 0.25) is 0 Å². The Balaban J connectivity index is 1.96. The third-order valence-corrected chi connectivity index (χ3v) is 5.57. The summed E-state index contributed by atoms with van der Waals surface area (Å²) >= 11 is 6.17. The van der Waals surface area contributed by atoms with Crippen LogP contribution in [0.1, 0.15) is 21.6 Å². The van der Waals surface area contributed by atoms with Gasteiger partial charge in [-0.1, -0.05) is 48.0 Å². The van der Waals surface area contributed by atoms with Crippen molar-refractivity contribution in [3.8, 4) is 17.0 Å². The lowest BCUT2D eigenvalue weighted by Crippen LogP contribution is -2.28. The summed E-state index contributed by atoms with van der Waals surface area (Å²) in [6, 6.07) is 14.8. The van der Waals surface area contributed by atoms with Gasteiger partial charge in [-0.05, 0) is 35.4 Å². The number of ether oxygens (including phenoxy) is 1. The highest BCUT2D eigenvalue weighted by Crippen LogP contribution is 2.35. The summed E-state index contributed by atoms with van der Waals surface area (Å²) in [5, 5.41) is 11.4. The number of halogens is 4. The molecule has 0 amide bonds. The maximum absolute atomic E-state index is 12.8. The first-order chi connectivity index (χ1) is 15.5. The van der Waals surface area contributed by atoms with Crippen molar-refractivity contribution >= 4 is 27.7 Å². The fourth-order valence-corrected chi connectivity index (χ4v) is 3.32. The molecule has 0 spiro atoms. The molecule has 0 fully saturated rings. The summed E-state index contributed by atoms with van der Waals surface area (Å²) in [5.74, 6) is -2.54. The van der Waals surface area contributed by atoms with Gasteiger partial charge in [-0.25, -0.2) is 4.98 Å². The van der Waals surface area contributed by atoms with Crippen molar-refractivity contribution in [2.24, 2.45) is 0 Å². The van der Waals surface area contributed by atoms with E-state index >= 15 is 0 Å². The van der Waals surface area contributed by atoms with E-state index < -0.39 is 38.7 Å². The first-order valence-corrected chi connectivity index (χ1v) is 10.9. The van der Waals surface area contributed by atoms with Gasteiger partial charge in [-0.2, -0.15) is 21.6 Å². The lowest BCUT2D eigenvalue weighted by atomic mass is 10.1. The number of aromatic nitrogens is 1. The van der Waals surface area contributed by atoms with Crippen LogP contribution in [-0.2, 0) is 28.1 Å². The van der Waals surface area contributed by atoms with E-state index in [0.29, 0.717) is 5.56 Å². The normalized spacial score (nSPS) is 11.9. The second-order valence-corrected chi connectivity index (χ2v) is 8.54. The van der Waals surface area contributed by atoms with Crippen LogP contribution in [0.5, 0.6) is 5.75 Å². The minimum atomic E-state index is -6.03. The number of carboxylic acids is 1. The van der Waals surface area contributed by atoms with Crippen LogP contribution in [0.3, 0.4) is 0 Å². The van der Waals surface area contributed by atoms with Crippen LogP contribution in [0, 0.1) is 0 Å². The molecule has 0 saturated carbocycles. The van der Waals surface area contributed by atoms with Crippen LogP contribution in [0.15, 0.2) is 60.7 Å². The molecule has 7 nitrogen and oxygen atoms in total. The average molecular weight is 501 g/mol. The second kappa shape index (κ2) is 9.77. The molecule has 1 heterocycles. The van der Waals surface area contributed by atoms with Gasteiger partial charge in [-0.15, -0.1) is 0 Å². The van der Waals surface area contributed by atoms with E-state index in [4.69, 9.17) is 16.3 Å². The van der Waals surface area contributed by atoms with Crippen LogP contribution in [-0.4, -0.2) is 24.9 Å². The molecular formula is C21H14ClF3NO6S-. The fourth-order valence-electron chi connectivity index (χ4n) is 2.69. The van der Waals surface area contributed by atoms with Gasteiger partial charge in [0.15, 0.2) is 5.75 Å². The van der Waals surface area contributed by atoms with Crippen LogP contribution in [0.25, 0.3) is 11.3 Å². The second-order valence-electron chi connectivity index (χ2n) is 6.60. The van der Waals surface area contributed by atoms with Crippen LogP contribution < -0.4 is 9.29 Å². The van der Waals surface area contributed by atoms with Crippen molar-refractivity contribution in [3.63, 3.8) is 0 Å². The first-order valence-electron chi connectivity index (χ1n) is 9.11. The Labute approximate surface area is 191 Å². The third kappa shape index (κ3) is 6.01. The smallest absolute Gasteiger partial charge is 0.534 e. The number of carbonyl (C=O) groups excluding carboxylic acids is 1. The number of alkyl halides is 3. The van der Waals surface area contributed by atoms with Crippen molar-refractivity contribution in [2.45, 2.75) is 18.7 Å². The molecule has 0 N–H and O–H groups in total. The Morgan fingerprint density at radius 3 is 2.36 bits per heavy atom. The van der Waals surface area contributed by atoms with E-state index in [1.807, 2.05) is 30.3 Å². The molecule has 0 aliphatic rings. The minimum absolute atomic E-state index is 0.00121. The number of hydrogen-bond donors (Lipinski definition) is 0. The molecule has 0 aliphatic carbocycles. The van der Waals surface area contributed by atoms with E-state index in [0.717, 1.165) is 17.7 Å². The monoisotopic (exact) mass is 500 g/mol. The molecule has 33 heavy (non-hydrogen) atoms. The van der Waals surface area contributed by atoms with Gasteiger partial charge in [0.05, 0.1) is 24.9 Å². The summed E-state index contributed by atoms with van der Waals surface area (Å²) in [6.45, 7) is 0.247. The standard InChI is InChI=1S/C21H15ClF3NO6S/c22-16-7-6-14(10-15(16)12-31-11-13-4-2-1-3-5-13)19-18(9-8-17(26-19)20(27)28)32-33(29,30)21(23,24)25/h1-10H,11-12H2,(H,27,28)/p-1. The van der Waals surface area contributed by atoms with E-state index in [9.17, 15) is 31.5 Å². The average Bonchev–Trinajstić information content (AvgIpc) is 2.75. The number of carboxylic acid groups (broad SMARTS) is 1. The summed E-state index contributed by atoms with van der Waals surface area (Å²) in [5.41, 5.74) is -5.47. The molecule has 174 valence electrons. The van der Waals surface area contributed by atoms with Gasteiger partial charge in [-0.3, -0.25) is 0 Å². The highest BCUT2D eigenvalue weighted by molar-refractivity contribution is 7.88. The molecule has 3 rings (SSSR count). The lowest BCUT2D eigenvalue weighted by Gasteiger charge is -2.15. The summed E-state index contributed by atoms with van der Waals surface area (Å²) < 4.78 is 71.1. The summed E-state index contributed by atoms with van der Waals surface area (Å²) in [7, 11) is -6.03. The number of rotatable bonds is 8. The zero-order valence-electron chi connectivity index (χ0n) is 16.5. The molecule has 0 bridgehead atoms. The zero-order chi connectivity index (χ0) is 24.2. The lowest BCUT2D eigenvalue weighted by molar-refractivity contribution is -0.255. The largest absolute Gasteiger partial charge is 0.543 e. The molecule has 0 radical (unpaired) electrons. The topological polar surface area (TPSA) is 106 Å². The molecule has 0 atom stereocenters. The Morgan fingerprint density at radius 1 is 1.03 bits per heavy atom. The Bertz CT molecular complexity index is 1270. The molecule has 0 unspecified atom stereocenters. The summed E-state index contributed by atoms with van der Waals surface area (Å²) in [6.07, 6.45) is 0. The van der Waals surface area contributed by atoms with E-state index in [2.05, 4.69) is 9.17 Å². The van der Waals surface area contributed by atoms with E-state index in [-0.39, 0.29) is 23.8 Å². The number of benzene rings is 2. The van der Waals surface area contributed by atoms with Crippen molar-refractivity contribution in [3.05, 3.63) is 82.5 Å². The van der Waals surface area contributed by atoms with Crippen molar-refractivity contribution in [1.82, 2.24) is 4.98 Å². The molecule has 0 saturated heterocycles. The Kier molecular flexibility index (Phi) is 7.25. The quantitative estimate of drug-likeness (QED) is 0.343. The maximum atomic E-state index is 12.8. The molecule has 1 aromatic heterocycles. The van der Waals surface area contributed by atoms with Gasteiger partial charge < -0.3 is 18.8 Å². The maximum Gasteiger partial charge on any atom is 0.534 e. The summed E-state index contributed by atoms with van der Waals surface area (Å²) in [4.78, 5) is 14.9. The highest BCUT2D eigenvalue weighted by atomic mass is 35.5. The van der Waals surface area contributed by atoms with E-state index in [1.165, 1.54) is 18.2 Å². The number of aromatic carboxylic acids is 1. The van der Waals surface area contributed by atoms with Crippen molar-refractivity contribution in [2.75, 3.05) is 0 Å². The van der Waals surface area contributed by atoms with E-state index in [1.54, 1.807) is 0 Å². The number of pyridine rings is 1. The molecule has 0 aliphatic heterocycles.